The molecule has 0 saturated heterocycles. The van der Waals surface area contributed by atoms with Gasteiger partial charge < -0.3 is 4.98 Å². The van der Waals surface area contributed by atoms with Crippen LogP contribution in [-0.2, 0) is 0 Å². The van der Waals surface area contributed by atoms with Crippen LogP contribution in [0.25, 0.3) is 37.8 Å². The van der Waals surface area contributed by atoms with E-state index in [-0.39, 0.29) is 5.69 Å². The summed E-state index contributed by atoms with van der Waals surface area (Å²) in [5.74, 6) is 0. The van der Waals surface area contributed by atoms with Crippen LogP contribution in [0.1, 0.15) is 5.69 Å². The summed E-state index contributed by atoms with van der Waals surface area (Å²) in [4.78, 5) is 11.2. The summed E-state index contributed by atoms with van der Waals surface area (Å²) in [5, 5.41) is 3.27. The maximum Gasteiger partial charge on any atom is 0.224 e. The Morgan fingerprint density at radius 3 is 2.56 bits per heavy atom. The quantitative estimate of drug-likeness (QED) is 0.345. The Bertz CT molecular complexity index is 1200. The van der Waals surface area contributed by atoms with Gasteiger partial charge in [-0.05, 0) is 30.7 Å². The van der Waals surface area contributed by atoms with Crippen LogP contribution in [0.4, 0.5) is 5.69 Å². The number of aromatic amines is 1. The summed E-state index contributed by atoms with van der Waals surface area (Å²) in [5.41, 5.74) is 4.53. The van der Waals surface area contributed by atoms with E-state index in [9.17, 15) is 0 Å². The molecule has 0 spiro atoms. The lowest BCUT2D eigenvalue weighted by atomic mass is 10.0. The SMILES string of the molecule is [C-]#[N+]c1c(Cl)ccc(-c2cc(Cl)cc3c2[nH]c2c(C)nccc23)c1Cl. The number of nitrogens with one attached hydrogen (secondary N) is 1. The fraction of sp³-hybridized carbons (Fsp3) is 0.0526. The van der Waals surface area contributed by atoms with E-state index < -0.39 is 0 Å². The number of halogens is 3. The van der Waals surface area contributed by atoms with E-state index in [0.717, 1.165) is 33.1 Å². The highest BCUT2D eigenvalue weighted by Gasteiger charge is 2.17. The normalized spacial score (nSPS) is 11.2. The zero-order chi connectivity index (χ0) is 17.7. The van der Waals surface area contributed by atoms with Gasteiger partial charge in [-0.1, -0.05) is 46.9 Å². The van der Waals surface area contributed by atoms with Gasteiger partial charge in [0.05, 0.1) is 28.3 Å². The highest BCUT2D eigenvalue weighted by Crippen LogP contribution is 2.44. The molecule has 0 amide bonds. The van der Waals surface area contributed by atoms with Gasteiger partial charge >= 0.3 is 0 Å². The van der Waals surface area contributed by atoms with Gasteiger partial charge in [-0.15, -0.1) is 0 Å². The van der Waals surface area contributed by atoms with Crippen molar-refractivity contribution >= 4 is 62.3 Å². The van der Waals surface area contributed by atoms with Crippen LogP contribution in [-0.4, -0.2) is 9.97 Å². The van der Waals surface area contributed by atoms with Crippen LogP contribution in [0.15, 0.2) is 36.5 Å². The van der Waals surface area contributed by atoms with E-state index in [1.54, 1.807) is 18.3 Å². The topological polar surface area (TPSA) is 33.0 Å². The molecule has 122 valence electrons. The van der Waals surface area contributed by atoms with E-state index in [2.05, 4.69) is 14.8 Å². The fourth-order valence-corrected chi connectivity index (χ4v) is 3.87. The lowest BCUT2D eigenvalue weighted by Gasteiger charge is -2.10. The van der Waals surface area contributed by atoms with Crippen LogP contribution in [0, 0.1) is 13.5 Å². The number of nitrogens with zero attached hydrogens (tertiary/aromatic N) is 2. The van der Waals surface area contributed by atoms with Gasteiger partial charge in [-0.3, -0.25) is 4.98 Å². The van der Waals surface area contributed by atoms with Crippen LogP contribution in [0.2, 0.25) is 15.1 Å². The monoisotopic (exact) mass is 385 g/mol. The molecule has 4 aromatic rings. The van der Waals surface area contributed by atoms with Crippen molar-refractivity contribution in [1.82, 2.24) is 9.97 Å². The number of aryl methyl sites for hydroxylation is 1. The minimum Gasteiger partial charge on any atom is -0.353 e. The first kappa shape index (κ1) is 16.2. The van der Waals surface area contributed by atoms with Crippen LogP contribution in [0.3, 0.4) is 0 Å². The standard InChI is InChI=1S/C19H10Cl3N3/c1-9-17-12(5-6-24-9)14-8-10(20)7-13(18(14)25-17)11-3-4-15(21)19(23-2)16(11)22/h3-8,25H,1H3. The van der Waals surface area contributed by atoms with Gasteiger partial charge in [0.25, 0.3) is 0 Å². The molecule has 0 aliphatic heterocycles. The molecule has 6 heteroatoms. The summed E-state index contributed by atoms with van der Waals surface area (Å²) in [6.45, 7) is 9.27. The molecule has 2 aromatic carbocycles. The first-order valence-electron chi connectivity index (χ1n) is 7.43. The largest absolute Gasteiger partial charge is 0.353 e. The molecule has 0 aliphatic carbocycles. The molecule has 0 unspecified atom stereocenters. The molecule has 4 rings (SSSR count). The molecule has 25 heavy (non-hydrogen) atoms. The summed E-state index contributed by atoms with van der Waals surface area (Å²) >= 11 is 18.9. The molecular formula is C19H10Cl3N3. The molecule has 0 fully saturated rings. The second-order valence-corrected chi connectivity index (χ2v) is 6.91. The second kappa shape index (κ2) is 5.93. The van der Waals surface area contributed by atoms with Crippen molar-refractivity contribution in [2.75, 3.05) is 0 Å². The highest BCUT2D eigenvalue weighted by atomic mass is 35.5. The number of aromatic nitrogens is 2. The highest BCUT2D eigenvalue weighted by molar-refractivity contribution is 6.41. The summed E-state index contributed by atoms with van der Waals surface area (Å²) in [6, 6.07) is 9.19. The van der Waals surface area contributed by atoms with Gasteiger partial charge in [0.2, 0.25) is 5.69 Å². The molecule has 0 saturated carbocycles. The third-order valence-corrected chi connectivity index (χ3v) is 5.16. The lowest BCUT2D eigenvalue weighted by molar-refractivity contribution is 1.22. The van der Waals surface area contributed by atoms with Crippen molar-refractivity contribution < 1.29 is 0 Å². The third-order valence-electron chi connectivity index (χ3n) is 4.25. The number of H-pyrrole nitrogens is 1. The van der Waals surface area contributed by atoms with Gasteiger partial charge in [-0.2, -0.15) is 0 Å². The van der Waals surface area contributed by atoms with Crippen molar-refractivity contribution in [2.45, 2.75) is 6.92 Å². The molecule has 0 radical (unpaired) electrons. The smallest absolute Gasteiger partial charge is 0.224 e. The van der Waals surface area contributed by atoms with Crippen LogP contribution in [0.5, 0.6) is 0 Å². The summed E-state index contributed by atoms with van der Waals surface area (Å²) in [6.07, 6.45) is 1.78. The average Bonchev–Trinajstić information content (AvgIpc) is 2.95. The van der Waals surface area contributed by atoms with E-state index in [1.165, 1.54) is 0 Å². The van der Waals surface area contributed by atoms with E-state index in [1.807, 2.05) is 25.1 Å². The van der Waals surface area contributed by atoms with Crippen molar-refractivity contribution in [3.05, 3.63) is 68.7 Å². The third kappa shape index (κ3) is 2.46. The van der Waals surface area contributed by atoms with E-state index in [4.69, 9.17) is 41.4 Å². The van der Waals surface area contributed by atoms with Crippen LogP contribution < -0.4 is 0 Å². The Morgan fingerprint density at radius 1 is 1.00 bits per heavy atom. The minimum atomic E-state index is 0.239. The number of benzene rings is 2. The Hall–Kier alpha value is -2.25. The van der Waals surface area contributed by atoms with Crippen molar-refractivity contribution in [1.29, 1.82) is 0 Å². The van der Waals surface area contributed by atoms with Crippen molar-refractivity contribution in [3.8, 4) is 11.1 Å². The summed E-state index contributed by atoms with van der Waals surface area (Å²) < 4.78 is 0. The molecule has 0 bridgehead atoms. The molecule has 1 N–H and O–H groups in total. The zero-order valence-electron chi connectivity index (χ0n) is 13.0. The van der Waals surface area contributed by atoms with Crippen molar-refractivity contribution in [2.24, 2.45) is 0 Å². The molecule has 0 aliphatic rings. The molecule has 0 atom stereocenters. The maximum atomic E-state index is 7.32. The van der Waals surface area contributed by atoms with E-state index in [0.29, 0.717) is 20.6 Å². The molecule has 2 heterocycles. The fourth-order valence-electron chi connectivity index (χ4n) is 3.09. The minimum absolute atomic E-state index is 0.239. The Kier molecular flexibility index (Phi) is 3.85. The van der Waals surface area contributed by atoms with Gasteiger partial charge in [-0.25, -0.2) is 4.85 Å². The predicted molar refractivity (Wildman–Crippen MR) is 105 cm³/mol. The summed E-state index contributed by atoms with van der Waals surface area (Å²) in [7, 11) is 0. The zero-order valence-corrected chi connectivity index (χ0v) is 15.3. The van der Waals surface area contributed by atoms with Crippen molar-refractivity contribution in [3.63, 3.8) is 0 Å². The first-order valence-corrected chi connectivity index (χ1v) is 8.57. The van der Waals surface area contributed by atoms with Gasteiger partial charge in [0.1, 0.15) is 0 Å². The maximum absolute atomic E-state index is 7.32. The Balaban J connectivity index is 2.15. The number of pyridine rings is 1. The lowest BCUT2D eigenvalue weighted by Crippen LogP contribution is -1.84. The molecular weight excluding hydrogens is 377 g/mol. The second-order valence-electron chi connectivity index (χ2n) is 5.69. The van der Waals surface area contributed by atoms with E-state index >= 15 is 0 Å². The number of fused-ring (bicyclic) bond motifs is 3. The van der Waals surface area contributed by atoms with Gasteiger partial charge in [0, 0.05) is 32.6 Å². The van der Waals surface area contributed by atoms with Gasteiger partial charge in [0.15, 0.2) is 0 Å². The Labute approximate surface area is 159 Å². The molecule has 2 aromatic heterocycles. The predicted octanol–water partition coefficient (Wildman–Crippen LogP) is 7.20. The first-order chi connectivity index (χ1) is 12.0. The number of hydrogen-bond donors (Lipinski definition) is 1. The number of hydrogen-bond acceptors (Lipinski definition) is 1. The Morgan fingerprint density at radius 2 is 1.80 bits per heavy atom. The number of rotatable bonds is 1. The average molecular weight is 387 g/mol. The van der Waals surface area contributed by atoms with Crippen LogP contribution >= 0.6 is 34.8 Å². The molecule has 3 nitrogen and oxygen atoms in total.